The maximum absolute atomic E-state index is 12.2. The van der Waals surface area contributed by atoms with Gasteiger partial charge in [0.2, 0.25) is 0 Å². The van der Waals surface area contributed by atoms with Gasteiger partial charge >= 0.3 is 6.09 Å². The van der Waals surface area contributed by atoms with Crippen LogP contribution in [-0.2, 0) is 4.74 Å². The molecule has 0 aromatic carbocycles. The molecule has 0 N–H and O–H groups in total. The van der Waals surface area contributed by atoms with E-state index in [9.17, 15) is 4.79 Å². The third-order valence-electron chi connectivity index (χ3n) is 4.75. The summed E-state index contributed by atoms with van der Waals surface area (Å²) in [7, 11) is 0. The molecular formula is C17H23N7O2. The summed E-state index contributed by atoms with van der Waals surface area (Å²) in [6.07, 6.45) is 2.85. The molecule has 26 heavy (non-hydrogen) atoms. The third-order valence-corrected chi connectivity index (χ3v) is 4.75. The highest BCUT2D eigenvalue weighted by atomic mass is 16.6. The van der Waals surface area contributed by atoms with E-state index < -0.39 is 5.60 Å². The summed E-state index contributed by atoms with van der Waals surface area (Å²) in [5, 5.41) is 12.6. The Morgan fingerprint density at radius 2 is 1.73 bits per heavy atom. The molecule has 2 atom stereocenters. The molecule has 138 valence electrons. The van der Waals surface area contributed by atoms with Gasteiger partial charge in [-0.25, -0.2) is 14.5 Å². The predicted octanol–water partition coefficient (Wildman–Crippen LogP) is 1.36. The number of rotatable bonds is 2. The van der Waals surface area contributed by atoms with Gasteiger partial charge in [-0.05, 0) is 32.9 Å². The Hall–Kier alpha value is -2.71. The minimum Gasteiger partial charge on any atom is -0.444 e. The molecule has 2 aromatic heterocycles. The van der Waals surface area contributed by atoms with Crippen LogP contribution in [0.25, 0.3) is 5.82 Å². The Morgan fingerprint density at radius 3 is 2.27 bits per heavy atom. The van der Waals surface area contributed by atoms with Crippen molar-refractivity contribution in [2.75, 3.05) is 31.1 Å². The van der Waals surface area contributed by atoms with E-state index in [0.717, 1.165) is 32.0 Å². The van der Waals surface area contributed by atoms with Crippen molar-refractivity contribution in [1.82, 2.24) is 29.9 Å². The van der Waals surface area contributed by atoms with Gasteiger partial charge in [-0.1, -0.05) is 0 Å². The van der Waals surface area contributed by atoms with Crippen molar-refractivity contribution in [3.05, 3.63) is 24.8 Å². The zero-order chi connectivity index (χ0) is 18.3. The van der Waals surface area contributed by atoms with Crippen molar-refractivity contribution in [2.24, 2.45) is 11.8 Å². The second-order valence-electron chi connectivity index (χ2n) is 7.90. The number of carbonyl (C=O) groups is 1. The molecule has 0 unspecified atom stereocenters. The molecule has 4 rings (SSSR count). The van der Waals surface area contributed by atoms with Crippen molar-refractivity contribution >= 4 is 11.9 Å². The van der Waals surface area contributed by atoms with E-state index in [1.807, 2.05) is 37.8 Å². The normalized spacial score (nSPS) is 22.6. The van der Waals surface area contributed by atoms with E-state index in [0.29, 0.717) is 17.7 Å². The lowest BCUT2D eigenvalue weighted by atomic mass is 10.0. The second-order valence-corrected chi connectivity index (χ2v) is 7.90. The van der Waals surface area contributed by atoms with Crippen LogP contribution in [0.5, 0.6) is 0 Å². The quantitative estimate of drug-likeness (QED) is 0.801. The van der Waals surface area contributed by atoms with E-state index in [2.05, 4.69) is 25.2 Å². The molecule has 9 nitrogen and oxygen atoms in total. The van der Waals surface area contributed by atoms with E-state index in [-0.39, 0.29) is 6.09 Å². The number of carbonyl (C=O) groups excluding carboxylic acids is 1. The maximum Gasteiger partial charge on any atom is 0.410 e. The van der Waals surface area contributed by atoms with Gasteiger partial charge in [0, 0.05) is 38.0 Å². The molecule has 1 amide bonds. The molecule has 2 fully saturated rings. The first-order valence-electron chi connectivity index (χ1n) is 8.81. The van der Waals surface area contributed by atoms with Crippen molar-refractivity contribution in [1.29, 1.82) is 0 Å². The minimum absolute atomic E-state index is 0.213. The highest BCUT2D eigenvalue weighted by Crippen LogP contribution is 2.33. The van der Waals surface area contributed by atoms with Crippen LogP contribution >= 0.6 is 0 Å². The van der Waals surface area contributed by atoms with Crippen LogP contribution in [0.1, 0.15) is 20.8 Å². The fourth-order valence-electron chi connectivity index (χ4n) is 3.59. The topological polar surface area (TPSA) is 89.3 Å². The number of hydrogen-bond acceptors (Lipinski definition) is 7. The van der Waals surface area contributed by atoms with Gasteiger partial charge < -0.3 is 14.5 Å². The Labute approximate surface area is 152 Å². The lowest BCUT2D eigenvalue weighted by molar-refractivity contribution is 0.0282. The Bertz CT molecular complexity index is 755. The predicted molar refractivity (Wildman–Crippen MR) is 93.9 cm³/mol. The van der Waals surface area contributed by atoms with Crippen molar-refractivity contribution < 1.29 is 9.53 Å². The molecule has 2 aromatic rings. The first kappa shape index (κ1) is 16.7. The number of ether oxygens (including phenoxy) is 1. The van der Waals surface area contributed by atoms with Gasteiger partial charge in [0.15, 0.2) is 11.6 Å². The van der Waals surface area contributed by atoms with Crippen molar-refractivity contribution in [2.45, 2.75) is 26.4 Å². The van der Waals surface area contributed by atoms with Crippen LogP contribution in [0.2, 0.25) is 0 Å². The number of amides is 1. The van der Waals surface area contributed by atoms with Crippen LogP contribution in [-0.4, -0.2) is 67.7 Å². The summed E-state index contributed by atoms with van der Waals surface area (Å²) in [5.74, 6) is 2.38. The summed E-state index contributed by atoms with van der Waals surface area (Å²) >= 11 is 0. The van der Waals surface area contributed by atoms with Crippen LogP contribution in [0.15, 0.2) is 24.8 Å². The number of anilines is 1. The SMILES string of the molecule is CC(C)(C)OC(=O)N1C[C@@H]2CN(c3ccc(-n4cncn4)nn3)C[C@H]2C1. The molecule has 0 radical (unpaired) electrons. The van der Waals surface area contributed by atoms with E-state index in [4.69, 9.17) is 4.74 Å². The molecule has 0 bridgehead atoms. The Morgan fingerprint density at radius 1 is 1.08 bits per heavy atom. The summed E-state index contributed by atoms with van der Waals surface area (Å²) in [6, 6.07) is 3.84. The summed E-state index contributed by atoms with van der Waals surface area (Å²) in [6.45, 7) is 8.91. The average molecular weight is 357 g/mol. The molecule has 9 heteroatoms. The number of nitrogens with zero attached hydrogens (tertiary/aromatic N) is 7. The second kappa shape index (κ2) is 6.22. The molecule has 2 aliphatic rings. The summed E-state index contributed by atoms with van der Waals surface area (Å²) in [5.41, 5.74) is -0.456. The molecule has 0 aliphatic carbocycles. The number of hydrogen-bond donors (Lipinski definition) is 0. The average Bonchev–Trinajstić information content (AvgIpc) is 3.29. The Balaban J connectivity index is 1.37. The lowest BCUT2D eigenvalue weighted by Crippen LogP contribution is -2.37. The van der Waals surface area contributed by atoms with Gasteiger partial charge in [0.1, 0.15) is 18.3 Å². The molecule has 4 heterocycles. The van der Waals surface area contributed by atoms with E-state index in [1.54, 1.807) is 11.0 Å². The fourth-order valence-corrected chi connectivity index (χ4v) is 3.59. The van der Waals surface area contributed by atoms with E-state index >= 15 is 0 Å². The molecule has 2 aliphatic heterocycles. The molecule has 0 spiro atoms. The maximum atomic E-state index is 12.2. The van der Waals surface area contributed by atoms with Gasteiger partial charge in [-0.3, -0.25) is 0 Å². The summed E-state index contributed by atoms with van der Waals surface area (Å²) < 4.78 is 7.06. The van der Waals surface area contributed by atoms with Gasteiger partial charge in [0.25, 0.3) is 0 Å². The van der Waals surface area contributed by atoms with Crippen LogP contribution in [0.3, 0.4) is 0 Å². The van der Waals surface area contributed by atoms with Gasteiger partial charge in [0.05, 0.1) is 0 Å². The standard InChI is InChI=1S/C17H23N7O2/c1-17(2,3)26-16(25)23-8-12-6-22(7-13(12)9-23)14-4-5-15(21-20-14)24-11-18-10-19-24/h4-5,10-13H,6-9H2,1-3H3/t12-,13-/m0/s1. The molecular weight excluding hydrogens is 334 g/mol. The number of fused-ring (bicyclic) bond motifs is 1. The van der Waals surface area contributed by atoms with Crippen LogP contribution in [0, 0.1) is 11.8 Å². The Kier molecular flexibility index (Phi) is 4.01. The van der Waals surface area contributed by atoms with Crippen LogP contribution in [0.4, 0.5) is 10.6 Å². The lowest BCUT2D eigenvalue weighted by Gasteiger charge is -2.26. The smallest absolute Gasteiger partial charge is 0.410 e. The summed E-state index contributed by atoms with van der Waals surface area (Å²) in [4.78, 5) is 20.2. The highest BCUT2D eigenvalue weighted by Gasteiger charge is 2.43. The van der Waals surface area contributed by atoms with Gasteiger partial charge in [-0.15, -0.1) is 10.2 Å². The first-order chi connectivity index (χ1) is 12.4. The number of aromatic nitrogens is 5. The highest BCUT2D eigenvalue weighted by molar-refractivity contribution is 5.68. The monoisotopic (exact) mass is 357 g/mol. The van der Waals surface area contributed by atoms with Crippen LogP contribution < -0.4 is 4.90 Å². The largest absolute Gasteiger partial charge is 0.444 e. The van der Waals surface area contributed by atoms with Crippen molar-refractivity contribution in [3.63, 3.8) is 0 Å². The van der Waals surface area contributed by atoms with Crippen molar-refractivity contribution in [3.8, 4) is 5.82 Å². The van der Waals surface area contributed by atoms with E-state index in [1.165, 1.54) is 6.33 Å². The minimum atomic E-state index is -0.456. The molecule has 2 saturated heterocycles. The van der Waals surface area contributed by atoms with Gasteiger partial charge in [-0.2, -0.15) is 5.10 Å². The zero-order valence-electron chi connectivity index (χ0n) is 15.2. The third kappa shape index (κ3) is 3.33. The first-order valence-corrected chi connectivity index (χ1v) is 8.81. The zero-order valence-corrected chi connectivity index (χ0v) is 15.2. The fraction of sp³-hybridized carbons (Fsp3) is 0.588. The molecule has 0 saturated carbocycles. The number of likely N-dealkylation sites (tertiary alicyclic amines) is 1.